The van der Waals surface area contributed by atoms with Gasteiger partial charge in [0.05, 0.1) is 13.2 Å². The summed E-state index contributed by atoms with van der Waals surface area (Å²) in [5.41, 5.74) is 0. The summed E-state index contributed by atoms with van der Waals surface area (Å²) >= 11 is 0. The molecule has 0 aromatic heterocycles. The van der Waals surface area contributed by atoms with Gasteiger partial charge in [-0.05, 0) is 57.3 Å². The van der Waals surface area contributed by atoms with E-state index in [4.69, 9.17) is 18.6 Å². The lowest BCUT2D eigenvalue weighted by atomic mass is 9.87. The van der Waals surface area contributed by atoms with Crippen LogP contribution in [0.25, 0.3) is 0 Å². The van der Waals surface area contributed by atoms with Crippen molar-refractivity contribution < 1.29 is 28.2 Å². The Hall–Kier alpha value is -1.02. The van der Waals surface area contributed by atoms with E-state index >= 15 is 0 Å². The van der Waals surface area contributed by atoms with Crippen LogP contribution in [-0.2, 0) is 28.2 Å². The third-order valence-corrected chi connectivity index (χ3v) is 6.71. The first-order valence-electron chi connectivity index (χ1n) is 12.0. The maximum absolute atomic E-state index is 12.1. The lowest BCUT2D eigenvalue weighted by Crippen LogP contribution is -2.36. The number of allylic oxidation sites excluding steroid dienone is 1. The fourth-order valence-corrected chi connectivity index (χ4v) is 5.33. The number of ketones is 1. The average Bonchev–Trinajstić information content (AvgIpc) is 3.30. The summed E-state index contributed by atoms with van der Waals surface area (Å²) in [5, 5.41) is 0. The van der Waals surface area contributed by atoms with Gasteiger partial charge in [-0.25, -0.2) is 0 Å². The van der Waals surface area contributed by atoms with Gasteiger partial charge >= 0.3 is 0 Å². The molecule has 0 N–H and O–H groups in total. The molecule has 2 fully saturated rings. The predicted molar refractivity (Wildman–Crippen MR) is 123 cm³/mol. The fourth-order valence-electron chi connectivity index (χ4n) is 4.55. The Balaban J connectivity index is 1.77. The van der Waals surface area contributed by atoms with Crippen LogP contribution in [0.1, 0.15) is 64.7 Å². The fraction of sp³-hybridized carbons (Fsp3) is 0.833. The molecule has 1 saturated heterocycles. The highest BCUT2D eigenvalue weighted by atomic mass is 28.4. The summed E-state index contributed by atoms with van der Waals surface area (Å²) in [5.74, 6) is 0.0521. The number of unbranched alkanes of at least 4 members (excludes halogenated alkanes) is 3. The van der Waals surface area contributed by atoms with Gasteiger partial charge < -0.3 is 18.6 Å². The van der Waals surface area contributed by atoms with Crippen LogP contribution in [0.4, 0.5) is 0 Å². The first kappa shape index (κ1) is 26.2. The van der Waals surface area contributed by atoms with Gasteiger partial charge in [0.15, 0.2) is 11.6 Å². The van der Waals surface area contributed by atoms with E-state index < -0.39 is 14.1 Å². The van der Waals surface area contributed by atoms with E-state index in [1.807, 2.05) is 26.6 Å². The van der Waals surface area contributed by atoms with Crippen LogP contribution >= 0.6 is 0 Å². The van der Waals surface area contributed by atoms with Gasteiger partial charge in [-0.2, -0.15) is 0 Å². The molecule has 2 unspecified atom stereocenters. The van der Waals surface area contributed by atoms with E-state index in [2.05, 4.69) is 6.08 Å². The molecule has 2 aliphatic rings. The predicted octanol–water partition coefficient (Wildman–Crippen LogP) is 5.03. The first-order chi connectivity index (χ1) is 14.8. The molecule has 178 valence electrons. The molecule has 0 bridgehead atoms. The summed E-state index contributed by atoms with van der Waals surface area (Å²) < 4.78 is 23.0. The van der Waals surface area contributed by atoms with Gasteiger partial charge in [0.1, 0.15) is 6.61 Å². The lowest BCUT2D eigenvalue weighted by molar-refractivity contribution is -0.186. The van der Waals surface area contributed by atoms with Gasteiger partial charge in [-0.3, -0.25) is 9.59 Å². The number of carbonyl (C=O) groups excluding carboxylic acids is 2. The van der Waals surface area contributed by atoms with Crippen molar-refractivity contribution in [3.63, 3.8) is 0 Å². The number of rotatable bonds is 14. The number of hydrogen-bond acceptors (Lipinski definition) is 6. The van der Waals surface area contributed by atoms with Crippen molar-refractivity contribution in [2.45, 2.75) is 90.1 Å². The molecule has 1 aliphatic carbocycles. The molecule has 1 aliphatic heterocycles. The molecule has 0 aromatic carbocycles. The van der Waals surface area contributed by atoms with Crippen LogP contribution in [0.5, 0.6) is 0 Å². The molecule has 6 nitrogen and oxygen atoms in total. The second-order valence-corrected chi connectivity index (χ2v) is 14.2. The lowest BCUT2D eigenvalue weighted by Gasteiger charge is -2.31. The second-order valence-electron chi connectivity index (χ2n) is 9.74. The van der Waals surface area contributed by atoms with Gasteiger partial charge in [-0.15, -0.1) is 0 Å². The monoisotopic (exact) mass is 454 g/mol. The van der Waals surface area contributed by atoms with E-state index in [9.17, 15) is 9.59 Å². The van der Waals surface area contributed by atoms with Crippen molar-refractivity contribution in [3.05, 3.63) is 12.2 Å². The number of hydrogen-bond donors (Lipinski definition) is 0. The molecule has 1 spiro atoms. The average molecular weight is 455 g/mol. The number of carbonyl (C=O) groups is 2. The molecule has 1 saturated carbocycles. The molecule has 0 radical (unpaired) electrons. The van der Waals surface area contributed by atoms with Crippen LogP contribution in [0.15, 0.2) is 12.2 Å². The molecular weight excluding hydrogens is 412 g/mol. The van der Waals surface area contributed by atoms with Crippen molar-refractivity contribution in [1.29, 1.82) is 0 Å². The van der Waals surface area contributed by atoms with E-state index in [0.29, 0.717) is 32.2 Å². The molecule has 7 heteroatoms. The normalized spacial score (nSPS) is 23.1. The minimum absolute atomic E-state index is 0.0200. The maximum Gasteiger partial charge on any atom is 0.292 e. The highest BCUT2D eigenvalue weighted by molar-refractivity contribution is 6.71. The van der Waals surface area contributed by atoms with Crippen molar-refractivity contribution >= 4 is 20.1 Å². The maximum atomic E-state index is 12.1. The molecule has 0 amide bonds. The molecule has 2 rings (SSSR count). The van der Waals surface area contributed by atoms with Crippen molar-refractivity contribution in [2.75, 3.05) is 26.4 Å². The molecule has 31 heavy (non-hydrogen) atoms. The van der Waals surface area contributed by atoms with Gasteiger partial charge in [0.25, 0.3) is 5.97 Å². The van der Waals surface area contributed by atoms with Crippen LogP contribution < -0.4 is 0 Å². The SMILES string of the molecule is CCCOCC(=O)C=CC1CCC2(OCCO2)C1CCCCCCC(=O)O[Si](C)(C)C. The Bertz CT molecular complexity index is 591. The van der Waals surface area contributed by atoms with Gasteiger partial charge in [0, 0.05) is 25.4 Å². The molecule has 0 aromatic rings. The highest BCUT2D eigenvalue weighted by Gasteiger charge is 2.51. The number of ether oxygens (including phenoxy) is 3. The Kier molecular flexibility index (Phi) is 10.9. The Morgan fingerprint density at radius 2 is 1.81 bits per heavy atom. The van der Waals surface area contributed by atoms with E-state index in [-0.39, 0.29) is 24.3 Å². The molecule has 1 heterocycles. The summed E-state index contributed by atoms with van der Waals surface area (Å²) in [6.45, 7) is 10.2. The first-order valence-corrected chi connectivity index (χ1v) is 15.4. The molecule has 2 atom stereocenters. The van der Waals surface area contributed by atoms with E-state index in [0.717, 1.165) is 51.4 Å². The smallest absolute Gasteiger partial charge is 0.292 e. The highest BCUT2D eigenvalue weighted by Crippen LogP contribution is 2.48. The van der Waals surface area contributed by atoms with Crippen LogP contribution in [-0.4, -0.2) is 52.3 Å². The largest absolute Gasteiger partial charge is 0.520 e. The summed E-state index contributed by atoms with van der Waals surface area (Å²) in [7, 11) is -1.78. The topological polar surface area (TPSA) is 71.1 Å². The quantitative estimate of drug-likeness (QED) is 0.208. The molecular formula is C24H42O6Si. The van der Waals surface area contributed by atoms with Gasteiger partial charge in [0.2, 0.25) is 8.32 Å². The van der Waals surface area contributed by atoms with Crippen LogP contribution in [0, 0.1) is 11.8 Å². The third kappa shape index (κ3) is 9.16. The zero-order valence-electron chi connectivity index (χ0n) is 20.0. The third-order valence-electron chi connectivity index (χ3n) is 5.87. The second kappa shape index (κ2) is 12.9. The zero-order valence-corrected chi connectivity index (χ0v) is 21.0. The van der Waals surface area contributed by atoms with Crippen LogP contribution in [0.3, 0.4) is 0 Å². The Labute approximate surface area is 189 Å². The van der Waals surface area contributed by atoms with Crippen molar-refractivity contribution in [2.24, 2.45) is 11.8 Å². The Morgan fingerprint density at radius 1 is 1.10 bits per heavy atom. The Morgan fingerprint density at radius 3 is 2.48 bits per heavy atom. The summed E-state index contributed by atoms with van der Waals surface area (Å²) in [6, 6.07) is 0. The van der Waals surface area contributed by atoms with Crippen molar-refractivity contribution in [1.82, 2.24) is 0 Å². The van der Waals surface area contributed by atoms with Crippen molar-refractivity contribution in [3.8, 4) is 0 Å². The van der Waals surface area contributed by atoms with Gasteiger partial charge in [-0.1, -0.05) is 32.3 Å². The standard InChI is InChI=1S/C24H42O6Si/c1-5-16-27-19-21(25)13-12-20-14-15-24(28-17-18-29-24)22(20)10-8-6-7-9-11-23(26)30-31(2,3)4/h12-13,20,22H,5-11,14-19H2,1-4H3. The van der Waals surface area contributed by atoms with Crippen LogP contribution in [0.2, 0.25) is 19.6 Å². The van der Waals surface area contributed by atoms with E-state index in [1.165, 1.54) is 0 Å². The minimum atomic E-state index is -1.78. The zero-order chi connectivity index (χ0) is 22.7. The summed E-state index contributed by atoms with van der Waals surface area (Å²) in [4.78, 5) is 23.9. The van der Waals surface area contributed by atoms with E-state index in [1.54, 1.807) is 6.08 Å². The minimum Gasteiger partial charge on any atom is -0.520 e. The summed E-state index contributed by atoms with van der Waals surface area (Å²) in [6.07, 6.45) is 12.1.